The van der Waals surface area contributed by atoms with Gasteiger partial charge in [-0.15, -0.1) is 0 Å². The van der Waals surface area contributed by atoms with Crippen molar-refractivity contribution in [2.75, 3.05) is 13.2 Å². The van der Waals surface area contributed by atoms with Crippen molar-refractivity contribution in [2.45, 2.75) is 51.2 Å². The Kier molecular flexibility index (Phi) is 3.31. The zero-order chi connectivity index (χ0) is 13.3. The van der Waals surface area contributed by atoms with Crippen molar-refractivity contribution in [3.05, 3.63) is 17.5 Å². The largest absolute Gasteiger partial charge is 0.375 e. The van der Waals surface area contributed by atoms with Crippen LogP contribution in [0.2, 0.25) is 0 Å². The van der Waals surface area contributed by atoms with Crippen LogP contribution in [0, 0.1) is 6.92 Å². The first-order valence-electron chi connectivity index (χ1n) is 7.01. The number of amides is 1. The molecule has 2 fully saturated rings. The first-order chi connectivity index (χ1) is 9.17. The molecule has 1 atom stereocenters. The molecule has 3 rings (SSSR count). The molecule has 2 saturated heterocycles. The molecule has 1 aromatic heterocycles. The van der Waals surface area contributed by atoms with Crippen LogP contribution in [-0.4, -0.2) is 34.7 Å². The zero-order valence-electron chi connectivity index (χ0n) is 11.4. The molecule has 104 valence electrons. The normalized spacial score (nSPS) is 28.1. The molecule has 2 aliphatic heterocycles. The molecule has 0 radical (unpaired) electrons. The van der Waals surface area contributed by atoms with Crippen molar-refractivity contribution in [3.8, 4) is 0 Å². The van der Waals surface area contributed by atoms with Gasteiger partial charge in [0.15, 0.2) is 5.76 Å². The Balaban J connectivity index is 1.67. The second kappa shape index (κ2) is 4.96. The summed E-state index contributed by atoms with van der Waals surface area (Å²) in [6, 6.07) is 1.89. The molecule has 5 nitrogen and oxygen atoms in total. The molecule has 5 heteroatoms. The summed E-state index contributed by atoms with van der Waals surface area (Å²) in [5, 5.41) is 3.86. The lowest BCUT2D eigenvalue weighted by Crippen LogP contribution is -2.31. The van der Waals surface area contributed by atoms with Gasteiger partial charge in [-0.05, 0) is 32.6 Å². The van der Waals surface area contributed by atoms with Crippen molar-refractivity contribution in [3.63, 3.8) is 0 Å². The lowest BCUT2D eigenvalue weighted by molar-refractivity contribution is -0.131. The third-order valence-corrected chi connectivity index (χ3v) is 4.19. The fraction of sp³-hybridized carbons (Fsp3) is 0.714. The van der Waals surface area contributed by atoms with E-state index in [9.17, 15) is 4.79 Å². The van der Waals surface area contributed by atoms with Crippen molar-refractivity contribution in [1.29, 1.82) is 0 Å². The number of aryl methyl sites for hydroxylation is 1. The van der Waals surface area contributed by atoms with Gasteiger partial charge in [-0.3, -0.25) is 4.79 Å². The van der Waals surface area contributed by atoms with Crippen LogP contribution in [0.1, 0.15) is 43.6 Å². The minimum Gasteiger partial charge on any atom is -0.375 e. The van der Waals surface area contributed by atoms with Crippen molar-refractivity contribution >= 4 is 5.91 Å². The van der Waals surface area contributed by atoms with Gasteiger partial charge in [-0.25, -0.2) is 0 Å². The van der Waals surface area contributed by atoms with E-state index in [4.69, 9.17) is 9.26 Å². The predicted molar refractivity (Wildman–Crippen MR) is 68.4 cm³/mol. The molecular weight excluding hydrogens is 244 g/mol. The van der Waals surface area contributed by atoms with Crippen molar-refractivity contribution < 1.29 is 14.1 Å². The van der Waals surface area contributed by atoms with E-state index in [2.05, 4.69) is 5.16 Å². The molecule has 2 aliphatic rings. The number of carbonyl (C=O) groups excluding carboxylic acids is 1. The summed E-state index contributed by atoms with van der Waals surface area (Å²) in [6.45, 7) is 4.00. The predicted octanol–water partition coefficient (Wildman–Crippen LogP) is 2.04. The molecule has 1 amide bonds. The van der Waals surface area contributed by atoms with Crippen LogP contribution in [0.15, 0.2) is 10.6 Å². The summed E-state index contributed by atoms with van der Waals surface area (Å²) >= 11 is 0. The number of hydrogen-bond donors (Lipinski definition) is 0. The molecular formula is C14H20N2O3. The fourth-order valence-electron chi connectivity index (χ4n) is 3.08. The first kappa shape index (κ1) is 12.7. The second-order valence-corrected chi connectivity index (χ2v) is 5.63. The standard InChI is InChI=1S/C14H20N2O3/c1-11-9-12(19-15-11)10-16-7-6-14(4-2-8-18-14)5-3-13(16)17/h9H,2-8,10H2,1H3/t14-/m0/s1. The van der Waals surface area contributed by atoms with Gasteiger partial charge >= 0.3 is 0 Å². The molecule has 3 heterocycles. The number of ether oxygens (including phenoxy) is 1. The molecule has 0 unspecified atom stereocenters. The van der Waals surface area contributed by atoms with Crippen molar-refractivity contribution in [1.82, 2.24) is 10.1 Å². The average Bonchev–Trinajstić information content (AvgIpc) is 2.98. The second-order valence-electron chi connectivity index (χ2n) is 5.63. The van der Waals surface area contributed by atoms with Crippen molar-refractivity contribution in [2.24, 2.45) is 0 Å². The SMILES string of the molecule is Cc1cc(CN2CC[C@]3(CCCO3)CCC2=O)on1. The van der Waals surface area contributed by atoms with Crippen LogP contribution < -0.4 is 0 Å². The van der Waals surface area contributed by atoms with Gasteiger partial charge in [0.2, 0.25) is 5.91 Å². The van der Waals surface area contributed by atoms with E-state index in [0.29, 0.717) is 13.0 Å². The van der Waals surface area contributed by atoms with Gasteiger partial charge in [-0.1, -0.05) is 5.16 Å². The van der Waals surface area contributed by atoms with Crippen LogP contribution in [-0.2, 0) is 16.1 Å². The average molecular weight is 264 g/mol. The molecule has 1 spiro atoms. The maximum absolute atomic E-state index is 12.2. The molecule has 0 bridgehead atoms. The van der Waals surface area contributed by atoms with E-state index in [1.54, 1.807) is 0 Å². The van der Waals surface area contributed by atoms with Gasteiger partial charge in [0.05, 0.1) is 17.8 Å². The van der Waals surface area contributed by atoms with Crippen LogP contribution in [0.25, 0.3) is 0 Å². The zero-order valence-corrected chi connectivity index (χ0v) is 11.4. The maximum atomic E-state index is 12.2. The van der Waals surface area contributed by atoms with Gasteiger partial charge in [0, 0.05) is 25.6 Å². The Morgan fingerprint density at radius 2 is 2.32 bits per heavy atom. The third kappa shape index (κ3) is 2.66. The highest BCUT2D eigenvalue weighted by atomic mass is 16.5. The highest BCUT2D eigenvalue weighted by Gasteiger charge is 2.38. The molecule has 0 aliphatic carbocycles. The highest BCUT2D eigenvalue weighted by Crippen LogP contribution is 2.36. The van der Waals surface area contributed by atoms with Gasteiger partial charge < -0.3 is 14.2 Å². The van der Waals surface area contributed by atoms with E-state index in [-0.39, 0.29) is 11.5 Å². The van der Waals surface area contributed by atoms with Gasteiger partial charge in [0.25, 0.3) is 0 Å². The van der Waals surface area contributed by atoms with Crippen LogP contribution >= 0.6 is 0 Å². The summed E-state index contributed by atoms with van der Waals surface area (Å²) in [6.07, 6.45) is 4.59. The number of rotatable bonds is 2. The number of likely N-dealkylation sites (tertiary alicyclic amines) is 1. The van der Waals surface area contributed by atoms with Crippen LogP contribution in [0.5, 0.6) is 0 Å². The van der Waals surface area contributed by atoms with E-state index in [1.165, 1.54) is 0 Å². The number of nitrogens with zero attached hydrogens (tertiary/aromatic N) is 2. The topological polar surface area (TPSA) is 55.6 Å². The van der Waals surface area contributed by atoms with E-state index < -0.39 is 0 Å². The van der Waals surface area contributed by atoms with E-state index in [1.807, 2.05) is 17.9 Å². The molecule has 0 saturated carbocycles. The monoisotopic (exact) mass is 264 g/mol. The van der Waals surface area contributed by atoms with Crippen LogP contribution in [0.4, 0.5) is 0 Å². The minimum absolute atomic E-state index is 0.0399. The highest BCUT2D eigenvalue weighted by molar-refractivity contribution is 5.76. The van der Waals surface area contributed by atoms with Gasteiger partial charge in [-0.2, -0.15) is 0 Å². The summed E-state index contributed by atoms with van der Waals surface area (Å²) < 4.78 is 11.1. The lowest BCUT2D eigenvalue weighted by atomic mass is 9.92. The summed E-state index contributed by atoms with van der Waals surface area (Å²) in [5.74, 6) is 0.954. The Morgan fingerprint density at radius 1 is 1.42 bits per heavy atom. The maximum Gasteiger partial charge on any atom is 0.223 e. The number of hydrogen-bond acceptors (Lipinski definition) is 4. The Hall–Kier alpha value is -1.36. The lowest BCUT2D eigenvalue weighted by Gasteiger charge is -2.26. The Labute approximate surface area is 112 Å². The third-order valence-electron chi connectivity index (χ3n) is 4.19. The fourth-order valence-corrected chi connectivity index (χ4v) is 3.08. The molecule has 0 N–H and O–H groups in total. The van der Waals surface area contributed by atoms with Crippen LogP contribution in [0.3, 0.4) is 0 Å². The Morgan fingerprint density at radius 3 is 3.00 bits per heavy atom. The molecule has 19 heavy (non-hydrogen) atoms. The first-order valence-corrected chi connectivity index (χ1v) is 7.01. The number of aromatic nitrogens is 1. The summed E-state index contributed by atoms with van der Waals surface area (Å²) in [7, 11) is 0. The number of carbonyl (C=O) groups is 1. The smallest absolute Gasteiger partial charge is 0.223 e. The summed E-state index contributed by atoms with van der Waals surface area (Å²) in [5.41, 5.74) is 0.815. The van der Waals surface area contributed by atoms with Gasteiger partial charge in [0.1, 0.15) is 0 Å². The van der Waals surface area contributed by atoms with E-state index >= 15 is 0 Å². The quantitative estimate of drug-likeness (QED) is 0.820. The summed E-state index contributed by atoms with van der Waals surface area (Å²) in [4.78, 5) is 14.0. The Bertz CT molecular complexity index is 463. The minimum atomic E-state index is -0.0399. The van der Waals surface area contributed by atoms with E-state index in [0.717, 1.165) is 50.3 Å². The molecule has 1 aromatic rings. The molecule has 0 aromatic carbocycles.